The highest BCUT2D eigenvalue weighted by Crippen LogP contribution is 2.33. The number of aromatic nitrogens is 2. The summed E-state index contributed by atoms with van der Waals surface area (Å²) in [6.07, 6.45) is -1.15. The number of hydrogen-bond acceptors (Lipinski definition) is 1. The van der Waals surface area contributed by atoms with Gasteiger partial charge in [-0.3, -0.25) is 0 Å². The van der Waals surface area contributed by atoms with Crippen LogP contribution in [0.25, 0.3) is 5.65 Å². The van der Waals surface area contributed by atoms with Crippen molar-refractivity contribution in [1.29, 1.82) is 0 Å². The fraction of sp³-hybridized carbons (Fsp3) is 0.417. The van der Waals surface area contributed by atoms with Gasteiger partial charge in [0.25, 0.3) is 0 Å². The standard InChI is InChI=1S/C12H13F3N2/c1-11(2,3)9-7-17-6-4-5-8(10(17)16-9)12(13,14)15/h4-7H,1-3H3. The molecule has 0 aliphatic carbocycles. The van der Waals surface area contributed by atoms with Crippen LogP contribution in [0.2, 0.25) is 0 Å². The third-order valence-corrected chi connectivity index (χ3v) is 2.56. The quantitative estimate of drug-likeness (QED) is 0.689. The Balaban J connectivity index is 2.70. The topological polar surface area (TPSA) is 17.3 Å². The first kappa shape index (κ1) is 12.0. The van der Waals surface area contributed by atoms with Gasteiger partial charge in [-0.2, -0.15) is 13.2 Å². The lowest BCUT2D eigenvalue weighted by atomic mass is 9.93. The second-order valence-corrected chi connectivity index (χ2v) is 5.03. The zero-order chi connectivity index (χ0) is 12.8. The Hall–Kier alpha value is -1.52. The molecule has 0 aromatic carbocycles. The predicted molar refractivity (Wildman–Crippen MR) is 58.9 cm³/mol. The predicted octanol–water partition coefficient (Wildman–Crippen LogP) is 3.65. The molecule has 0 aliphatic rings. The Morgan fingerprint density at radius 3 is 2.35 bits per heavy atom. The Labute approximate surface area is 97.1 Å². The lowest BCUT2D eigenvalue weighted by molar-refractivity contribution is -0.136. The Morgan fingerprint density at radius 1 is 1.18 bits per heavy atom. The van der Waals surface area contributed by atoms with Gasteiger partial charge in [-0.05, 0) is 12.1 Å². The summed E-state index contributed by atoms with van der Waals surface area (Å²) in [5.74, 6) is 0. The maximum atomic E-state index is 12.8. The first-order valence-electron chi connectivity index (χ1n) is 5.25. The van der Waals surface area contributed by atoms with Crippen molar-refractivity contribution < 1.29 is 13.2 Å². The molecule has 5 heteroatoms. The van der Waals surface area contributed by atoms with Crippen LogP contribution in [-0.4, -0.2) is 9.38 Å². The highest BCUT2D eigenvalue weighted by Gasteiger charge is 2.34. The van der Waals surface area contributed by atoms with E-state index in [1.165, 1.54) is 10.5 Å². The van der Waals surface area contributed by atoms with Crippen LogP contribution in [0.1, 0.15) is 32.0 Å². The van der Waals surface area contributed by atoms with E-state index in [9.17, 15) is 13.2 Å². The molecule has 2 aromatic heterocycles. The number of pyridine rings is 1. The van der Waals surface area contributed by atoms with Gasteiger partial charge in [0, 0.05) is 17.8 Å². The average molecular weight is 242 g/mol. The number of nitrogens with zero attached hydrogens (tertiary/aromatic N) is 2. The highest BCUT2D eigenvalue weighted by molar-refractivity contribution is 5.51. The fourth-order valence-electron chi connectivity index (χ4n) is 1.60. The normalized spacial score (nSPS) is 13.3. The van der Waals surface area contributed by atoms with E-state index in [0.717, 1.165) is 6.07 Å². The summed E-state index contributed by atoms with van der Waals surface area (Å²) in [5, 5.41) is 0. The van der Waals surface area contributed by atoms with E-state index in [1.54, 1.807) is 12.4 Å². The summed E-state index contributed by atoms with van der Waals surface area (Å²) < 4.78 is 39.7. The molecular weight excluding hydrogens is 229 g/mol. The minimum absolute atomic E-state index is 0.0371. The minimum atomic E-state index is -4.37. The van der Waals surface area contributed by atoms with Gasteiger partial charge in [-0.1, -0.05) is 20.8 Å². The third kappa shape index (κ3) is 2.14. The maximum absolute atomic E-state index is 12.8. The van der Waals surface area contributed by atoms with E-state index in [1.807, 2.05) is 20.8 Å². The molecule has 0 radical (unpaired) electrons. The maximum Gasteiger partial charge on any atom is 0.419 e. The first-order chi connectivity index (χ1) is 7.69. The summed E-state index contributed by atoms with van der Waals surface area (Å²) in [4.78, 5) is 4.09. The van der Waals surface area contributed by atoms with Gasteiger partial charge in [-0.25, -0.2) is 4.98 Å². The molecule has 0 unspecified atom stereocenters. The van der Waals surface area contributed by atoms with Crippen molar-refractivity contribution in [3.8, 4) is 0 Å². The van der Waals surface area contributed by atoms with Crippen molar-refractivity contribution >= 4 is 5.65 Å². The van der Waals surface area contributed by atoms with E-state index in [2.05, 4.69) is 4.98 Å². The summed E-state index contributed by atoms with van der Waals surface area (Å²) >= 11 is 0. The van der Waals surface area contributed by atoms with Crippen molar-refractivity contribution in [2.24, 2.45) is 0 Å². The molecule has 2 rings (SSSR count). The Morgan fingerprint density at radius 2 is 1.82 bits per heavy atom. The number of halogens is 3. The minimum Gasteiger partial charge on any atom is -0.306 e. The van der Waals surface area contributed by atoms with E-state index >= 15 is 0 Å². The summed E-state index contributed by atoms with van der Waals surface area (Å²) in [6, 6.07) is 2.43. The molecule has 0 bridgehead atoms. The smallest absolute Gasteiger partial charge is 0.306 e. The van der Waals surface area contributed by atoms with E-state index in [-0.39, 0.29) is 11.1 Å². The lowest BCUT2D eigenvalue weighted by Gasteiger charge is -2.13. The molecule has 2 nitrogen and oxygen atoms in total. The van der Waals surface area contributed by atoms with Gasteiger partial charge in [0.2, 0.25) is 0 Å². The Kier molecular flexibility index (Phi) is 2.45. The van der Waals surface area contributed by atoms with E-state index in [0.29, 0.717) is 5.69 Å². The number of hydrogen-bond donors (Lipinski definition) is 0. The van der Waals surface area contributed by atoms with Crippen LogP contribution < -0.4 is 0 Å². The lowest BCUT2D eigenvalue weighted by Crippen LogP contribution is -2.11. The van der Waals surface area contributed by atoms with Crippen molar-refractivity contribution in [2.75, 3.05) is 0 Å². The Bertz CT molecular complexity index is 547. The number of alkyl halides is 3. The zero-order valence-corrected chi connectivity index (χ0v) is 9.84. The zero-order valence-electron chi connectivity index (χ0n) is 9.84. The van der Waals surface area contributed by atoms with Gasteiger partial charge in [0.1, 0.15) is 5.65 Å². The number of rotatable bonds is 0. The van der Waals surface area contributed by atoms with Gasteiger partial charge >= 0.3 is 6.18 Å². The molecule has 0 atom stereocenters. The van der Waals surface area contributed by atoms with Crippen molar-refractivity contribution in [3.63, 3.8) is 0 Å². The molecular formula is C12H13F3N2. The van der Waals surface area contributed by atoms with Gasteiger partial charge in [-0.15, -0.1) is 0 Å². The average Bonchev–Trinajstić information content (AvgIpc) is 2.57. The molecule has 17 heavy (non-hydrogen) atoms. The largest absolute Gasteiger partial charge is 0.419 e. The summed E-state index contributed by atoms with van der Waals surface area (Å²) in [6.45, 7) is 5.76. The van der Waals surface area contributed by atoms with Crippen molar-refractivity contribution in [2.45, 2.75) is 32.4 Å². The van der Waals surface area contributed by atoms with Gasteiger partial charge < -0.3 is 4.40 Å². The summed E-state index contributed by atoms with van der Waals surface area (Å²) in [7, 11) is 0. The molecule has 2 aromatic rings. The monoisotopic (exact) mass is 242 g/mol. The van der Waals surface area contributed by atoms with Crippen LogP contribution in [0.4, 0.5) is 13.2 Å². The first-order valence-corrected chi connectivity index (χ1v) is 5.25. The van der Waals surface area contributed by atoms with Crippen LogP contribution in [0.15, 0.2) is 24.5 Å². The molecule has 0 saturated heterocycles. The highest BCUT2D eigenvalue weighted by atomic mass is 19.4. The molecule has 0 aliphatic heterocycles. The molecule has 0 spiro atoms. The van der Waals surface area contributed by atoms with E-state index in [4.69, 9.17) is 0 Å². The third-order valence-electron chi connectivity index (χ3n) is 2.56. The van der Waals surface area contributed by atoms with Crippen LogP contribution in [0.3, 0.4) is 0 Å². The second-order valence-electron chi connectivity index (χ2n) is 5.03. The molecule has 0 N–H and O–H groups in total. The van der Waals surface area contributed by atoms with Crippen molar-refractivity contribution in [3.05, 3.63) is 35.8 Å². The van der Waals surface area contributed by atoms with Crippen LogP contribution >= 0.6 is 0 Å². The van der Waals surface area contributed by atoms with Gasteiger partial charge in [0.15, 0.2) is 0 Å². The van der Waals surface area contributed by atoms with Gasteiger partial charge in [0.05, 0.1) is 11.3 Å². The second kappa shape index (κ2) is 3.48. The van der Waals surface area contributed by atoms with Crippen LogP contribution in [-0.2, 0) is 11.6 Å². The molecule has 0 fully saturated rings. The summed E-state index contributed by atoms with van der Waals surface area (Å²) in [5.41, 5.74) is -0.357. The molecule has 0 saturated carbocycles. The van der Waals surface area contributed by atoms with Crippen LogP contribution in [0.5, 0.6) is 0 Å². The molecule has 2 heterocycles. The fourth-order valence-corrected chi connectivity index (χ4v) is 1.60. The molecule has 92 valence electrons. The van der Waals surface area contributed by atoms with Crippen LogP contribution in [0, 0.1) is 0 Å². The SMILES string of the molecule is CC(C)(C)c1cn2cccc(C(F)(F)F)c2n1. The molecule has 0 amide bonds. The number of fused-ring (bicyclic) bond motifs is 1. The van der Waals surface area contributed by atoms with E-state index < -0.39 is 11.7 Å². The van der Waals surface area contributed by atoms with Crippen molar-refractivity contribution in [1.82, 2.24) is 9.38 Å². The number of imidazole rings is 1.